The van der Waals surface area contributed by atoms with Crippen molar-refractivity contribution in [2.75, 3.05) is 12.4 Å². The van der Waals surface area contributed by atoms with Crippen molar-refractivity contribution in [2.24, 2.45) is 5.11 Å². The second-order valence-corrected chi connectivity index (χ2v) is 7.17. The summed E-state index contributed by atoms with van der Waals surface area (Å²) in [4.78, 5) is 17.5. The van der Waals surface area contributed by atoms with Crippen molar-refractivity contribution in [1.29, 1.82) is 5.53 Å². The van der Waals surface area contributed by atoms with Crippen LogP contribution in [0.2, 0.25) is 0 Å². The Hall–Kier alpha value is -0.0200. The van der Waals surface area contributed by atoms with E-state index in [0.717, 1.165) is 0 Å². The summed E-state index contributed by atoms with van der Waals surface area (Å²) in [6.07, 6.45) is -3.54. The van der Waals surface area contributed by atoms with E-state index < -0.39 is 31.3 Å². The summed E-state index contributed by atoms with van der Waals surface area (Å²) < 4.78 is 21.2. The number of hydrogen-bond acceptors (Lipinski definition) is 7. The van der Waals surface area contributed by atoms with Crippen LogP contribution in [-0.4, -0.2) is 51.8 Å². The molecule has 4 N–H and O–H groups in total. The first-order chi connectivity index (χ1) is 7.89. The van der Waals surface area contributed by atoms with E-state index in [1.807, 2.05) is 0 Å². The van der Waals surface area contributed by atoms with Crippen molar-refractivity contribution in [3.8, 4) is 0 Å². The van der Waals surface area contributed by atoms with E-state index in [0.29, 0.717) is 18.0 Å². The first-order valence-corrected chi connectivity index (χ1v) is 8.11. The predicted octanol–water partition coefficient (Wildman–Crippen LogP) is 0.334. The summed E-state index contributed by atoms with van der Waals surface area (Å²) in [5.74, 6) is -0.0297. The van der Waals surface area contributed by atoms with Crippen LogP contribution in [0, 0.1) is 5.53 Å². The quantitative estimate of drug-likeness (QED) is 0.408. The van der Waals surface area contributed by atoms with E-state index in [4.69, 9.17) is 24.8 Å². The maximum absolute atomic E-state index is 10.7. The summed E-state index contributed by atoms with van der Waals surface area (Å²) in [6, 6.07) is 0. The third-order valence-corrected chi connectivity index (χ3v) is 4.47. The molecule has 1 saturated heterocycles. The highest BCUT2D eigenvalue weighted by Gasteiger charge is 2.45. The van der Waals surface area contributed by atoms with Gasteiger partial charge in [0.2, 0.25) is 0 Å². The smallest absolute Gasteiger partial charge is 0.384 e. The van der Waals surface area contributed by atoms with Crippen molar-refractivity contribution < 1.29 is 28.9 Å². The lowest BCUT2D eigenvalue weighted by molar-refractivity contribution is -0.0254. The average molecular weight is 286 g/mol. The highest BCUT2D eigenvalue weighted by atomic mass is 32.7. The molecule has 0 radical (unpaired) electrons. The highest BCUT2D eigenvalue weighted by Crippen LogP contribution is 2.51. The van der Waals surface area contributed by atoms with Crippen LogP contribution in [0.4, 0.5) is 0 Å². The van der Waals surface area contributed by atoms with Gasteiger partial charge in [0, 0.05) is 12.4 Å². The Morgan fingerprint density at radius 1 is 1.59 bits per heavy atom. The lowest BCUT2D eigenvalue weighted by Gasteiger charge is -2.19. The monoisotopic (exact) mass is 286 g/mol. The summed E-state index contributed by atoms with van der Waals surface area (Å²) in [7, 11) is 0. The molecule has 0 bridgehead atoms. The molecule has 0 aromatic rings. The number of rotatable bonds is 6. The van der Waals surface area contributed by atoms with Crippen molar-refractivity contribution >= 4 is 18.2 Å². The fourth-order valence-corrected chi connectivity index (χ4v) is 3.16. The highest BCUT2D eigenvalue weighted by molar-refractivity contribution is 8.54. The van der Waals surface area contributed by atoms with E-state index in [2.05, 4.69) is 5.11 Å². The molecular weight excluding hydrogens is 271 g/mol. The Balaban J connectivity index is 2.62. The van der Waals surface area contributed by atoms with Crippen LogP contribution >= 0.6 is 18.2 Å². The summed E-state index contributed by atoms with van der Waals surface area (Å²) >= 11 is 0.423. The van der Waals surface area contributed by atoms with Gasteiger partial charge in [0.25, 0.3) is 0 Å². The molecule has 1 rings (SSSR count). The zero-order chi connectivity index (χ0) is 13.1. The van der Waals surface area contributed by atoms with Gasteiger partial charge in [0.05, 0.1) is 6.10 Å². The van der Waals surface area contributed by atoms with Gasteiger partial charge in [-0.2, -0.15) is 5.11 Å². The van der Waals surface area contributed by atoms with Crippen LogP contribution < -0.4 is 0 Å². The van der Waals surface area contributed by atoms with Gasteiger partial charge in [-0.1, -0.05) is 0 Å². The summed E-state index contributed by atoms with van der Waals surface area (Å²) in [5.41, 5.74) is 6.82. The first kappa shape index (κ1) is 15.0. The molecule has 1 aliphatic heterocycles. The van der Waals surface area contributed by atoms with Gasteiger partial charge in [-0.15, -0.1) is 0 Å². The second kappa shape index (κ2) is 6.24. The van der Waals surface area contributed by atoms with Crippen LogP contribution in [0.15, 0.2) is 5.11 Å². The van der Waals surface area contributed by atoms with Crippen LogP contribution in [0.25, 0.3) is 0 Å². The molecule has 10 heteroatoms. The Labute approximate surface area is 102 Å². The number of hydrogen-bond donors (Lipinski definition) is 4. The maximum atomic E-state index is 10.7. The predicted molar refractivity (Wildman–Crippen MR) is 59.7 cm³/mol. The molecule has 17 heavy (non-hydrogen) atoms. The fourth-order valence-electron chi connectivity index (χ4n) is 1.53. The third kappa shape index (κ3) is 4.29. The minimum atomic E-state index is -4.19. The fraction of sp³-hybridized carbons (Fsp3) is 1.00. The summed E-state index contributed by atoms with van der Waals surface area (Å²) in [5, 5.41) is 12.8. The Bertz CT molecular complexity index is 313. The number of aliphatic hydroxyl groups excluding tert-OH is 1. The zero-order valence-corrected chi connectivity index (χ0v) is 10.8. The average Bonchev–Trinajstić information content (AvgIpc) is 2.53. The molecule has 0 aromatic heterocycles. The molecule has 1 fully saturated rings. The standard InChI is InChI=1S/C7H15N2O6PS/c1-2-14-6-4(3-17-16(11,12)13)15-7(9-8)5(6)10/h4-8,10H,2-3H2,1H3,(H2,11,12,13)/t4-,5?,6?,7-/m1/s1. The minimum Gasteiger partial charge on any atom is -0.385 e. The van der Waals surface area contributed by atoms with Gasteiger partial charge in [-0.3, -0.25) is 0 Å². The van der Waals surface area contributed by atoms with E-state index >= 15 is 0 Å². The minimum absolute atomic E-state index is 0.0297. The van der Waals surface area contributed by atoms with Crippen LogP contribution in [-0.2, 0) is 14.0 Å². The summed E-state index contributed by atoms with van der Waals surface area (Å²) in [6.45, 7) is -2.14. The van der Waals surface area contributed by atoms with E-state index in [1.165, 1.54) is 0 Å². The number of aliphatic hydroxyl groups is 1. The molecule has 8 nitrogen and oxygen atoms in total. The molecule has 1 heterocycles. The SMILES string of the molecule is CCOC1C(O)[C@H](N=N)O[C@@H]1CSP(=O)(O)O. The van der Waals surface area contributed by atoms with Crippen molar-refractivity contribution in [1.82, 2.24) is 0 Å². The number of ether oxygens (including phenoxy) is 2. The van der Waals surface area contributed by atoms with Crippen LogP contribution in [0.3, 0.4) is 0 Å². The van der Waals surface area contributed by atoms with E-state index in [9.17, 15) is 9.67 Å². The lowest BCUT2D eigenvalue weighted by atomic mass is 10.1. The maximum Gasteiger partial charge on any atom is 0.384 e. The topological polar surface area (TPSA) is 132 Å². The number of nitrogens with one attached hydrogen (secondary N) is 1. The molecule has 0 amide bonds. The first-order valence-electron chi connectivity index (χ1n) is 4.90. The lowest BCUT2D eigenvalue weighted by Crippen LogP contribution is -2.35. The van der Waals surface area contributed by atoms with Crippen molar-refractivity contribution in [3.63, 3.8) is 0 Å². The third-order valence-electron chi connectivity index (χ3n) is 2.20. The molecule has 4 atom stereocenters. The van der Waals surface area contributed by atoms with Gasteiger partial charge in [0.1, 0.15) is 12.2 Å². The van der Waals surface area contributed by atoms with Gasteiger partial charge >= 0.3 is 6.80 Å². The largest absolute Gasteiger partial charge is 0.385 e. The molecule has 2 unspecified atom stereocenters. The van der Waals surface area contributed by atoms with Gasteiger partial charge < -0.3 is 24.4 Å². The van der Waals surface area contributed by atoms with Crippen LogP contribution in [0.1, 0.15) is 6.92 Å². The number of nitrogens with zero attached hydrogens (tertiary/aromatic N) is 1. The van der Waals surface area contributed by atoms with Crippen LogP contribution in [0.5, 0.6) is 0 Å². The van der Waals surface area contributed by atoms with Crippen molar-refractivity contribution in [2.45, 2.75) is 31.5 Å². The van der Waals surface area contributed by atoms with E-state index in [-0.39, 0.29) is 5.75 Å². The molecule has 0 aromatic carbocycles. The Morgan fingerprint density at radius 3 is 2.71 bits per heavy atom. The normalized spacial score (nSPS) is 33.9. The molecule has 0 spiro atoms. The zero-order valence-electron chi connectivity index (χ0n) is 9.09. The Kier molecular flexibility index (Phi) is 5.52. The molecule has 0 saturated carbocycles. The molecule has 1 aliphatic rings. The Morgan fingerprint density at radius 2 is 2.24 bits per heavy atom. The van der Waals surface area contributed by atoms with Gasteiger partial charge in [-0.25, -0.2) is 10.1 Å². The van der Waals surface area contributed by atoms with E-state index in [1.54, 1.807) is 6.92 Å². The van der Waals surface area contributed by atoms with Gasteiger partial charge in [-0.05, 0) is 18.3 Å². The van der Waals surface area contributed by atoms with Gasteiger partial charge in [0.15, 0.2) is 6.23 Å². The molecule has 0 aliphatic carbocycles. The van der Waals surface area contributed by atoms with Crippen molar-refractivity contribution in [3.05, 3.63) is 0 Å². The molecule has 100 valence electrons. The second-order valence-electron chi connectivity index (χ2n) is 3.39. The molecular formula is C7H15N2O6PS.